The van der Waals surface area contributed by atoms with Crippen molar-refractivity contribution in [3.63, 3.8) is 0 Å². The minimum atomic E-state index is 0.435. The summed E-state index contributed by atoms with van der Waals surface area (Å²) in [5.41, 5.74) is 0.891. The highest BCUT2D eigenvalue weighted by atomic mass is 32.1. The van der Waals surface area contributed by atoms with Crippen molar-refractivity contribution in [1.29, 1.82) is 0 Å². The molecule has 0 aliphatic carbocycles. The molecule has 1 aromatic rings. The van der Waals surface area contributed by atoms with Crippen LogP contribution in [0.2, 0.25) is 0 Å². The van der Waals surface area contributed by atoms with Gasteiger partial charge in [0, 0.05) is 24.3 Å². The van der Waals surface area contributed by atoms with Gasteiger partial charge >= 0.3 is 0 Å². The quantitative estimate of drug-likeness (QED) is 0.687. The number of rotatable bonds is 3. The summed E-state index contributed by atoms with van der Waals surface area (Å²) in [6, 6.07) is 0. The van der Waals surface area contributed by atoms with Crippen molar-refractivity contribution in [1.82, 2.24) is 4.98 Å². The van der Waals surface area contributed by atoms with E-state index < -0.39 is 0 Å². The van der Waals surface area contributed by atoms with Crippen molar-refractivity contribution in [3.05, 3.63) is 16.1 Å². The Kier molecular flexibility index (Phi) is 2.71. The highest BCUT2D eigenvalue weighted by Crippen LogP contribution is 2.27. The van der Waals surface area contributed by atoms with Crippen LogP contribution in [0.5, 0.6) is 0 Å². The maximum Gasteiger partial charge on any atom is 0.125 e. The number of hydrogen-bond donors (Lipinski definition) is 0. The molecular formula is C9H11NO2S. The van der Waals surface area contributed by atoms with Gasteiger partial charge in [0.25, 0.3) is 0 Å². The van der Waals surface area contributed by atoms with Crippen molar-refractivity contribution in [2.24, 2.45) is 0 Å². The fraction of sp³-hybridized carbons (Fsp3) is 0.556. The third kappa shape index (κ3) is 1.95. The number of aldehydes is 1. The normalized spacial score (nSPS) is 22.0. The minimum Gasteiger partial charge on any atom is -0.381 e. The average Bonchev–Trinajstić information content (AvgIpc) is 2.70. The Morgan fingerprint density at radius 1 is 1.77 bits per heavy atom. The standard InChI is InChI=1S/C9H11NO2S/c11-3-1-8-6-13-9(10-8)7-2-4-12-5-7/h3,6-7H,1-2,4-5H2. The maximum atomic E-state index is 10.2. The first-order valence-corrected chi connectivity index (χ1v) is 5.24. The van der Waals surface area contributed by atoms with Crippen LogP contribution in [-0.2, 0) is 16.0 Å². The molecular weight excluding hydrogens is 186 g/mol. The van der Waals surface area contributed by atoms with E-state index in [0.29, 0.717) is 12.3 Å². The van der Waals surface area contributed by atoms with E-state index in [1.54, 1.807) is 11.3 Å². The second-order valence-electron chi connectivity index (χ2n) is 3.11. The van der Waals surface area contributed by atoms with Crippen molar-refractivity contribution < 1.29 is 9.53 Å². The molecule has 0 bridgehead atoms. The first-order chi connectivity index (χ1) is 6.40. The van der Waals surface area contributed by atoms with Crippen LogP contribution in [0.15, 0.2) is 5.38 Å². The molecule has 1 unspecified atom stereocenters. The van der Waals surface area contributed by atoms with Gasteiger partial charge in [-0.25, -0.2) is 4.98 Å². The summed E-state index contributed by atoms with van der Waals surface area (Å²) >= 11 is 1.64. The van der Waals surface area contributed by atoms with Gasteiger partial charge in [-0.15, -0.1) is 11.3 Å². The van der Waals surface area contributed by atoms with Gasteiger partial charge < -0.3 is 9.53 Å². The fourth-order valence-electron chi connectivity index (χ4n) is 1.42. The van der Waals surface area contributed by atoms with Gasteiger partial charge in [0.05, 0.1) is 17.3 Å². The van der Waals surface area contributed by atoms with Crippen molar-refractivity contribution in [3.8, 4) is 0 Å². The van der Waals surface area contributed by atoms with Gasteiger partial charge in [-0.1, -0.05) is 0 Å². The molecule has 1 aromatic heterocycles. The van der Waals surface area contributed by atoms with Crippen LogP contribution in [0.3, 0.4) is 0 Å². The van der Waals surface area contributed by atoms with E-state index in [9.17, 15) is 4.79 Å². The molecule has 3 nitrogen and oxygen atoms in total. The number of ether oxygens (including phenoxy) is 1. The summed E-state index contributed by atoms with van der Waals surface area (Å²) in [5, 5.41) is 3.08. The Labute approximate surface area is 80.8 Å². The second kappa shape index (κ2) is 3.98. The van der Waals surface area contributed by atoms with Gasteiger partial charge in [0.15, 0.2) is 0 Å². The van der Waals surface area contributed by atoms with Crippen molar-refractivity contribution in [2.75, 3.05) is 13.2 Å². The summed E-state index contributed by atoms with van der Waals surface area (Å²) in [6.45, 7) is 1.63. The van der Waals surface area contributed by atoms with Crippen LogP contribution in [0.4, 0.5) is 0 Å². The molecule has 4 heteroatoms. The molecule has 0 spiro atoms. The third-order valence-corrected chi connectivity index (χ3v) is 3.20. The summed E-state index contributed by atoms with van der Waals surface area (Å²) < 4.78 is 5.28. The van der Waals surface area contributed by atoms with Gasteiger partial charge in [-0.3, -0.25) is 0 Å². The predicted molar refractivity (Wildman–Crippen MR) is 50.1 cm³/mol. The number of aromatic nitrogens is 1. The smallest absolute Gasteiger partial charge is 0.125 e. The molecule has 1 aliphatic rings. The Hall–Kier alpha value is -0.740. The molecule has 0 N–H and O–H groups in total. The summed E-state index contributed by atoms with van der Waals surface area (Å²) in [6.07, 6.45) is 2.39. The maximum absolute atomic E-state index is 10.2. The highest BCUT2D eigenvalue weighted by Gasteiger charge is 2.20. The van der Waals surface area contributed by atoms with Crippen molar-refractivity contribution >= 4 is 17.6 Å². The van der Waals surface area contributed by atoms with Crippen molar-refractivity contribution in [2.45, 2.75) is 18.8 Å². The molecule has 70 valence electrons. The summed E-state index contributed by atoms with van der Waals surface area (Å²) in [7, 11) is 0. The zero-order valence-corrected chi connectivity index (χ0v) is 8.05. The molecule has 0 saturated carbocycles. The van der Waals surface area contributed by atoms with Gasteiger partial charge in [0.2, 0.25) is 0 Å². The van der Waals surface area contributed by atoms with Gasteiger partial charge in [-0.2, -0.15) is 0 Å². The number of carbonyl (C=O) groups is 1. The lowest BCUT2D eigenvalue weighted by Crippen LogP contribution is -1.97. The topological polar surface area (TPSA) is 39.2 Å². The number of carbonyl (C=O) groups excluding carboxylic acids is 1. The lowest BCUT2D eigenvalue weighted by Gasteiger charge is -2.00. The van der Waals surface area contributed by atoms with E-state index in [2.05, 4.69) is 4.98 Å². The van der Waals surface area contributed by atoms with Gasteiger partial charge in [-0.05, 0) is 6.42 Å². The van der Waals surface area contributed by atoms with Gasteiger partial charge in [0.1, 0.15) is 6.29 Å². The van der Waals surface area contributed by atoms with Crippen LogP contribution in [0.1, 0.15) is 23.0 Å². The van der Waals surface area contributed by atoms with E-state index in [0.717, 1.165) is 36.6 Å². The molecule has 13 heavy (non-hydrogen) atoms. The molecule has 2 rings (SSSR count). The molecule has 0 amide bonds. The predicted octanol–water partition coefficient (Wildman–Crippen LogP) is 1.39. The Balaban J connectivity index is 2.07. The van der Waals surface area contributed by atoms with E-state index in [4.69, 9.17) is 4.74 Å². The van der Waals surface area contributed by atoms with E-state index in [1.807, 2.05) is 5.38 Å². The number of hydrogen-bond acceptors (Lipinski definition) is 4. The van der Waals surface area contributed by atoms with Crippen LogP contribution < -0.4 is 0 Å². The average molecular weight is 197 g/mol. The molecule has 1 aliphatic heterocycles. The zero-order valence-electron chi connectivity index (χ0n) is 7.23. The Bertz CT molecular complexity index is 292. The first-order valence-electron chi connectivity index (χ1n) is 4.36. The molecule has 2 heterocycles. The lowest BCUT2D eigenvalue weighted by atomic mass is 10.1. The zero-order chi connectivity index (χ0) is 9.10. The highest BCUT2D eigenvalue weighted by molar-refractivity contribution is 7.09. The van der Waals surface area contributed by atoms with Crippen LogP contribution in [-0.4, -0.2) is 24.5 Å². The molecule has 1 fully saturated rings. The minimum absolute atomic E-state index is 0.435. The summed E-state index contributed by atoms with van der Waals surface area (Å²) in [4.78, 5) is 14.6. The second-order valence-corrected chi connectivity index (χ2v) is 4.00. The number of nitrogens with zero attached hydrogens (tertiary/aromatic N) is 1. The van der Waals surface area contributed by atoms with E-state index in [1.165, 1.54) is 0 Å². The monoisotopic (exact) mass is 197 g/mol. The molecule has 0 radical (unpaired) electrons. The summed E-state index contributed by atoms with van der Waals surface area (Å²) in [5.74, 6) is 0.463. The third-order valence-electron chi connectivity index (χ3n) is 2.14. The van der Waals surface area contributed by atoms with E-state index >= 15 is 0 Å². The molecule has 1 saturated heterocycles. The lowest BCUT2D eigenvalue weighted by molar-refractivity contribution is -0.107. The Morgan fingerprint density at radius 2 is 2.69 bits per heavy atom. The fourth-order valence-corrected chi connectivity index (χ4v) is 2.37. The van der Waals surface area contributed by atoms with Crippen LogP contribution >= 0.6 is 11.3 Å². The molecule has 1 atom stereocenters. The Morgan fingerprint density at radius 3 is 3.38 bits per heavy atom. The van der Waals surface area contributed by atoms with Crippen LogP contribution in [0.25, 0.3) is 0 Å². The van der Waals surface area contributed by atoms with E-state index in [-0.39, 0.29) is 0 Å². The number of thiazole rings is 1. The molecule has 0 aromatic carbocycles. The van der Waals surface area contributed by atoms with Crippen LogP contribution in [0, 0.1) is 0 Å². The SMILES string of the molecule is O=CCc1csc(C2CCOC2)n1. The largest absolute Gasteiger partial charge is 0.381 e. The first kappa shape index (κ1) is 8.84.